The van der Waals surface area contributed by atoms with Crippen molar-refractivity contribution in [3.63, 3.8) is 0 Å². The first-order valence-electron chi connectivity index (χ1n) is 6.30. The van der Waals surface area contributed by atoms with Crippen LogP contribution in [-0.2, 0) is 0 Å². The number of H-pyrrole nitrogens is 1. The normalized spacial score (nSPS) is 11.3. The highest BCUT2D eigenvalue weighted by atomic mass is 14.9. The van der Waals surface area contributed by atoms with E-state index in [1.54, 1.807) is 0 Å². The van der Waals surface area contributed by atoms with Crippen LogP contribution in [0.3, 0.4) is 0 Å². The number of hydrogen-bond acceptors (Lipinski definition) is 1. The zero-order valence-electron chi connectivity index (χ0n) is 10.6. The predicted octanol–water partition coefficient (Wildman–Crippen LogP) is 4.35. The average molecular weight is 236 g/mol. The lowest BCUT2D eigenvalue weighted by atomic mass is 10.0. The van der Waals surface area contributed by atoms with E-state index in [0.717, 1.165) is 16.9 Å². The minimum absolute atomic E-state index is 0.418. The fraction of sp³-hybridized carbons (Fsp3) is 0.188. The summed E-state index contributed by atoms with van der Waals surface area (Å²) in [5, 5.41) is 0. The molecule has 90 valence electrons. The zero-order valence-corrected chi connectivity index (χ0v) is 10.6. The average Bonchev–Trinajstić information content (AvgIpc) is 2.83. The van der Waals surface area contributed by atoms with Crippen molar-refractivity contribution >= 4 is 11.0 Å². The second-order valence-corrected chi connectivity index (χ2v) is 4.84. The molecule has 0 bridgehead atoms. The number of para-hydroxylation sites is 1. The molecule has 2 nitrogen and oxygen atoms in total. The fourth-order valence-electron chi connectivity index (χ4n) is 2.18. The second-order valence-electron chi connectivity index (χ2n) is 4.84. The topological polar surface area (TPSA) is 28.7 Å². The highest BCUT2D eigenvalue weighted by Gasteiger charge is 2.10. The molecule has 0 spiro atoms. The van der Waals surface area contributed by atoms with Gasteiger partial charge in [-0.05, 0) is 11.6 Å². The van der Waals surface area contributed by atoms with Gasteiger partial charge in [0.05, 0.1) is 11.0 Å². The second kappa shape index (κ2) is 4.30. The van der Waals surface area contributed by atoms with Gasteiger partial charge in [-0.2, -0.15) is 0 Å². The molecular weight excluding hydrogens is 220 g/mol. The molecule has 1 N–H and O–H groups in total. The van der Waals surface area contributed by atoms with Gasteiger partial charge in [-0.25, -0.2) is 4.98 Å². The lowest BCUT2D eigenvalue weighted by molar-refractivity contribution is 0.799. The molecule has 0 saturated heterocycles. The van der Waals surface area contributed by atoms with Crippen LogP contribution in [0, 0.1) is 0 Å². The van der Waals surface area contributed by atoms with Gasteiger partial charge in [-0.1, -0.05) is 56.3 Å². The number of benzene rings is 2. The van der Waals surface area contributed by atoms with Crippen LogP contribution < -0.4 is 0 Å². The van der Waals surface area contributed by atoms with E-state index in [-0.39, 0.29) is 0 Å². The number of hydrogen-bond donors (Lipinski definition) is 1. The Morgan fingerprint density at radius 3 is 2.44 bits per heavy atom. The molecule has 0 aliphatic carbocycles. The van der Waals surface area contributed by atoms with Crippen molar-refractivity contribution in [3.05, 3.63) is 54.4 Å². The van der Waals surface area contributed by atoms with Crippen LogP contribution in [0.2, 0.25) is 0 Å². The highest BCUT2D eigenvalue weighted by Crippen LogP contribution is 2.28. The van der Waals surface area contributed by atoms with Crippen LogP contribution in [0.15, 0.2) is 48.5 Å². The van der Waals surface area contributed by atoms with Gasteiger partial charge < -0.3 is 4.98 Å². The van der Waals surface area contributed by atoms with Crippen LogP contribution in [-0.4, -0.2) is 9.97 Å². The Kier molecular flexibility index (Phi) is 2.63. The summed E-state index contributed by atoms with van der Waals surface area (Å²) in [5.41, 5.74) is 4.61. The number of aromatic amines is 1. The Balaban J connectivity index is 2.24. The van der Waals surface area contributed by atoms with Crippen molar-refractivity contribution in [2.45, 2.75) is 19.8 Å². The number of nitrogens with one attached hydrogen (secondary N) is 1. The molecule has 2 aromatic carbocycles. The molecule has 1 aromatic heterocycles. The highest BCUT2D eigenvalue weighted by molar-refractivity contribution is 5.92. The summed E-state index contributed by atoms with van der Waals surface area (Å²) >= 11 is 0. The molecular formula is C16H16N2. The number of rotatable bonds is 2. The van der Waals surface area contributed by atoms with Gasteiger partial charge in [-0.15, -0.1) is 0 Å². The van der Waals surface area contributed by atoms with E-state index in [1.165, 1.54) is 11.1 Å². The summed E-state index contributed by atoms with van der Waals surface area (Å²) in [5.74, 6) is 1.47. The van der Waals surface area contributed by atoms with E-state index in [0.29, 0.717) is 5.92 Å². The maximum atomic E-state index is 4.64. The minimum Gasteiger partial charge on any atom is -0.341 e. The van der Waals surface area contributed by atoms with E-state index < -0.39 is 0 Å². The third kappa shape index (κ3) is 1.80. The number of aromatic nitrogens is 2. The summed E-state index contributed by atoms with van der Waals surface area (Å²) in [6.45, 7) is 4.31. The molecule has 1 heterocycles. The Morgan fingerprint density at radius 2 is 1.72 bits per heavy atom. The Bertz CT molecular complexity index is 666. The monoisotopic (exact) mass is 236 g/mol. The van der Waals surface area contributed by atoms with E-state index >= 15 is 0 Å². The largest absolute Gasteiger partial charge is 0.341 e. The van der Waals surface area contributed by atoms with Crippen molar-refractivity contribution < 1.29 is 0 Å². The number of nitrogens with zero attached hydrogens (tertiary/aromatic N) is 1. The van der Waals surface area contributed by atoms with Crippen molar-refractivity contribution in [2.24, 2.45) is 0 Å². The summed E-state index contributed by atoms with van der Waals surface area (Å²) in [6.07, 6.45) is 0. The van der Waals surface area contributed by atoms with Crippen LogP contribution in [0.1, 0.15) is 25.6 Å². The van der Waals surface area contributed by atoms with E-state index in [1.807, 2.05) is 6.07 Å². The maximum Gasteiger partial charge on any atom is 0.109 e. The van der Waals surface area contributed by atoms with Gasteiger partial charge in [0.15, 0.2) is 0 Å². The molecule has 0 amide bonds. The molecule has 18 heavy (non-hydrogen) atoms. The summed E-state index contributed by atoms with van der Waals surface area (Å²) in [6, 6.07) is 16.7. The quantitative estimate of drug-likeness (QED) is 0.704. The third-order valence-electron chi connectivity index (χ3n) is 3.17. The number of fused-ring (bicyclic) bond motifs is 1. The Labute approximate surface area is 107 Å². The first-order chi connectivity index (χ1) is 8.75. The minimum atomic E-state index is 0.418. The predicted molar refractivity (Wildman–Crippen MR) is 75.6 cm³/mol. The fourth-order valence-corrected chi connectivity index (χ4v) is 2.18. The summed E-state index contributed by atoms with van der Waals surface area (Å²) in [7, 11) is 0. The first kappa shape index (κ1) is 11.0. The van der Waals surface area contributed by atoms with E-state index in [2.05, 4.69) is 66.3 Å². The van der Waals surface area contributed by atoms with Crippen LogP contribution in [0.25, 0.3) is 22.2 Å². The molecule has 0 radical (unpaired) electrons. The van der Waals surface area contributed by atoms with Gasteiger partial charge in [0.25, 0.3) is 0 Å². The lowest BCUT2D eigenvalue weighted by Gasteiger charge is -2.02. The smallest absolute Gasteiger partial charge is 0.109 e. The molecule has 3 aromatic rings. The van der Waals surface area contributed by atoms with Crippen LogP contribution in [0.4, 0.5) is 0 Å². The van der Waals surface area contributed by atoms with Crippen molar-refractivity contribution in [1.82, 2.24) is 9.97 Å². The molecule has 0 aliphatic heterocycles. The van der Waals surface area contributed by atoms with Gasteiger partial charge >= 0.3 is 0 Å². The summed E-state index contributed by atoms with van der Waals surface area (Å²) in [4.78, 5) is 8.09. The van der Waals surface area contributed by atoms with Crippen LogP contribution in [0.5, 0.6) is 0 Å². The van der Waals surface area contributed by atoms with Gasteiger partial charge in [0.1, 0.15) is 5.82 Å². The standard InChI is InChI=1S/C16H16N2/c1-11(2)16-17-14-10-6-9-13(15(14)18-16)12-7-4-3-5-8-12/h3-11H,1-2H3,(H,17,18). The van der Waals surface area contributed by atoms with Crippen molar-refractivity contribution in [2.75, 3.05) is 0 Å². The Hall–Kier alpha value is -2.09. The van der Waals surface area contributed by atoms with E-state index in [4.69, 9.17) is 0 Å². The third-order valence-corrected chi connectivity index (χ3v) is 3.17. The molecule has 0 fully saturated rings. The molecule has 0 unspecified atom stereocenters. The summed E-state index contributed by atoms with van der Waals surface area (Å²) < 4.78 is 0. The molecule has 2 heteroatoms. The zero-order chi connectivity index (χ0) is 12.5. The Morgan fingerprint density at radius 1 is 0.944 bits per heavy atom. The molecule has 0 atom stereocenters. The lowest BCUT2D eigenvalue weighted by Crippen LogP contribution is -1.88. The van der Waals surface area contributed by atoms with Gasteiger partial charge in [0.2, 0.25) is 0 Å². The molecule has 0 aliphatic rings. The van der Waals surface area contributed by atoms with Crippen molar-refractivity contribution in [3.8, 4) is 11.1 Å². The van der Waals surface area contributed by atoms with Crippen LogP contribution >= 0.6 is 0 Å². The van der Waals surface area contributed by atoms with Gasteiger partial charge in [-0.3, -0.25) is 0 Å². The molecule has 3 rings (SSSR count). The molecule has 0 saturated carbocycles. The van der Waals surface area contributed by atoms with E-state index in [9.17, 15) is 0 Å². The van der Waals surface area contributed by atoms with Gasteiger partial charge in [0, 0.05) is 11.5 Å². The van der Waals surface area contributed by atoms with Crippen molar-refractivity contribution in [1.29, 1.82) is 0 Å². The maximum absolute atomic E-state index is 4.64. The first-order valence-corrected chi connectivity index (χ1v) is 6.30. The SMILES string of the molecule is CC(C)c1nc2cccc(-c3ccccc3)c2[nH]1. The number of imidazole rings is 1.